The van der Waals surface area contributed by atoms with Crippen LogP contribution >= 0.6 is 0 Å². The Labute approximate surface area is 113 Å². The largest absolute Gasteiger partial charge is 0.497 e. The first-order chi connectivity index (χ1) is 8.96. The van der Waals surface area contributed by atoms with Gasteiger partial charge in [-0.25, -0.2) is 0 Å². The van der Waals surface area contributed by atoms with Crippen LogP contribution in [0.1, 0.15) is 18.4 Å². The summed E-state index contributed by atoms with van der Waals surface area (Å²) in [5.74, 6) is 1.14. The van der Waals surface area contributed by atoms with E-state index in [1.807, 2.05) is 0 Å². The topological polar surface area (TPSA) is 72.8 Å². The molecule has 0 radical (unpaired) electrons. The summed E-state index contributed by atoms with van der Waals surface area (Å²) in [5, 5.41) is 0. The Kier molecular flexibility index (Phi) is 5.85. The zero-order valence-corrected chi connectivity index (χ0v) is 11.6. The molecule has 6 heteroatoms. The fourth-order valence-electron chi connectivity index (χ4n) is 1.51. The molecule has 1 aromatic rings. The maximum atomic E-state index is 10.5. The molecule has 0 aliphatic heterocycles. The standard InChI is InChI=1S/C13H18O5S/c1-3-11-10-12(17-2)6-7-13(11)18-8-4-5-9-19(14,15)16/h3,6-7,10H,1,4-5,8-9H2,2H3,(H,14,15,16). The van der Waals surface area contributed by atoms with E-state index in [0.29, 0.717) is 30.9 Å². The third-order valence-corrected chi connectivity index (χ3v) is 3.30. The average molecular weight is 286 g/mol. The lowest BCUT2D eigenvalue weighted by atomic mass is 10.2. The van der Waals surface area contributed by atoms with Gasteiger partial charge in [0.15, 0.2) is 0 Å². The Balaban J connectivity index is 2.47. The van der Waals surface area contributed by atoms with Gasteiger partial charge in [-0.2, -0.15) is 8.42 Å². The van der Waals surface area contributed by atoms with Crippen LogP contribution in [0, 0.1) is 0 Å². The van der Waals surface area contributed by atoms with E-state index < -0.39 is 10.1 Å². The Morgan fingerprint density at radius 2 is 2.11 bits per heavy atom. The summed E-state index contributed by atoms with van der Waals surface area (Å²) >= 11 is 0. The predicted octanol–water partition coefficient (Wildman–Crippen LogP) is 2.38. The Hall–Kier alpha value is -1.53. The molecule has 0 heterocycles. The lowest BCUT2D eigenvalue weighted by Crippen LogP contribution is -2.06. The summed E-state index contributed by atoms with van der Waals surface area (Å²) in [4.78, 5) is 0. The molecule has 1 rings (SSSR count). The minimum absolute atomic E-state index is 0.243. The summed E-state index contributed by atoms with van der Waals surface area (Å²) in [5.41, 5.74) is 0.814. The first kappa shape index (κ1) is 15.5. The van der Waals surface area contributed by atoms with Crippen molar-refractivity contribution in [2.75, 3.05) is 19.5 Å². The van der Waals surface area contributed by atoms with Crippen molar-refractivity contribution >= 4 is 16.2 Å². The van der Waals surface area contributed by atoms with Crippen molar-refractivity contribution < 1.29 is 22.4 Å². The van der Waals surface area contributed by atoms with E-state index in [-0.39, 0.29) is 5.75 Å². The molecule has 1 aromatic carbocycles. The minimum atomic E-state index is -3.88. The molecular formula is C13H18O5S. The van der Waals surface area contributed by atoms with E-state index in [4.69, 9.17) is 14.0 Å². The quantitative estimate of drug-likeness (QED) is 0.587. The highest BCUT2D eigenvalue weighted by Gasteiger charge is 2.05. The Morgan fingerprint density at radius 3 is 2.68 bits per heavy atom. The highest BCUT2D eigenvalue weighted by Crippen LogP contribution is 2.25. The molecular weight excluding hydrogens is 268 g/mol. The monoisotopic (exact) mass is 286 g/mol. The van der Waals surface area contributed by atoms with Crippen molar-refractivity contribution in [3.05, 3.63) is 30.3 Å². The smallest absolute Gasteiger partial charge is 0.264 e. The van der Waals surface area contributed by atoms with E-state index in [1.165, 1.54) is 0 Å². The summed E-state index contributed by atoms with van der Waals surface area (Å²) in [6.45, 7) is 4.07. The molecule has 0 aromatic heterocycles. The van der Waals surface area contributed by atoms with Gasteiger partial charge in [-0.15, -0.1) is 0 Å². The molecule has 0 saturated carbocycles. The Morgan fingerprint density at radius 1 is 1.37 bits per heavy atom. The SMILES string of the molecule is C=Cc1cc(OC)ccc1OCCCCS(=O)(=O)O. The van der Waals surface area contributed by atoms with Gasteiger partial charge in [0.2, 0.25) is 0 Å². The van der Waals surface area contributed by atoms with Crippen LogP contribution in [0.15, 0.2) is 24.8 Å². The molecule has 0 spiro atoms. The summed E-state index contributed by atoms with van der Waals surface area (Å²) < 4.78 is 40.3. The maximum absolute atomic E-state index is 10.5. The van der Waals surface area contributed by atoms with Crippen LogP contribution in [-0.2, 0) is 10.1 Å². The van der Waals surface area contributed by atoms with Crippen LogP contribution in [0.4, 0.5) is 0 Å². The summed E-state index contributed by atoms with van der Waals surface area (Å²) in [6, 6.07) is 5.36. The number of hydrogen-bond acceptors (Lipinski definition) is 4. The van der Waals surface area contributed by atoms with Gasteiger partial charge in [-0.1, -0.05) is 12.7 Å². The van der Waals surface area contributed by atoms with Crippen LogP contribution in [0.2, 0.25) is 0 Å². The van der Waals surface area contributed by atoms with Gasteiger partial charge in [0.25, 0.3) is 10.1 Å². The number of ether oxygens (including phenoxy) is 2. The second kappa shape index (κ2) is 7.16. The van der Waals surface area contributed by atoms with Crippen molar-refractivity contribution in [2.45, 2.75) is 12.8 Å². The first-order valence-corrected chi connectivity index (χ1v) is 7.45. The van der Waals surface area contributed by atoms with Gasteiger partial charge >= 0.3 is 0 Å². The number of hydrogen-bond donors (Lipinski definition) is 1. The first-order valence-electron chi connectivity index (χ1n) is 5.84. The molecule has 0 fully saturated rings. The fraction of sp³-hybridized carbons (Fsp3) is 0.385. The van der Waals surface area contributed by atoms with Gasteiger partial charge in [0.1, 0.15) is 11.5 Å². The van der Waals surface area contributed by atoms with Gasteiger partial charge in [0.05, 0.1) is 19.5 Å². The zero-order chi connectivity index (χ0) is 14.3. The summed E-state index contributed by atoms with van der Waals surface area (Å²) in [6.07, 6.45) is 2.57. The highest BCUT2D eigenvalue weighted by molar-refractivity contribution is 7.85. The van der Waals surface area contributed by atoms with E-state index in [1.54, 1.807) is 31.4 Å². The van der Waals surface area contributed by atoms with Crippen molar-refractivity contribution in [3.63, 3.8) is 0 Å². The number of methoxy groups -OCH3 is 1. The van der Waals surface area contributed by atoms with Gasteiger partial charge in [-0.05, 0) is 31.0 Å². The molecule has 0 unspecified atom stereocenters. The van der Waals surface area contributed by atoms with Crippen LogP contribution in [-0.4, -0.2) is 32.4 Å². The molecule has 0 saturated heterocycles. The highest BCUT2D eigenvalue weighted by atomic mass is 32.2. The van der Waals surface area contributed by atoms with Crippen molar-refractivity contribution in [2.24, 2.45) is 0 Å². The van der Waals surface area contributed by atoms with Gasteiger partial charge < -0.3 is 9.47 Å². The molecule has 0 bridgehead atoms. The zero-order valence-electron chi connectivity index (χ0n) is 10.8. The van der Waals surface area contributed by atoms with Crippen LogP contribution in [0.5, 0.6) is 11.5 Å². The third kappa shape index (κ3) is 5.76. The van der Waals surface area contributed by atoms with Gasteiger partial charge in [0, 0.05) is 5.56 Å². The predicted molar refractivity (Wildman–Crippen MR) is 74.2 cm³/mol. The molecule has 1 N–H and O–H groups in total. The number of rotatable bonds is 8. The molecule has 106 valence electrons. The maximum Gasteiger partial charge on any atom is 0.264 e. The molecule has 5 nitrogen and oxygen atoms in total. The average Bonchev–Trinajstić information content (AvgIpc) is 2.37. The van der Waals surface area contributed by atoms with E-state index in [9.17, 15) is 8.42 Å². The minimum Gasteiger partial charge on any atom is -0.497 e. The molecule has 19 heavy (non-hydrogen) atoms. The molecule has 0 aliphatic rings. The molecule has 0 aliphatic carbocycles. The van der Waals surface area contributed by atoms with Gasteiger partial charge in [-0.3, -0.25) is 4.55 Å². The van der Waals surface area contributed by atoms with Crippen LogP contribution in [0.25, 0.3) is 6.08 Å². The normalized spacial score (nSPS) is 11.1. The van der Waals surface area contributed by atoms with E-state index in [0.717, 1.165) is 5.56 Å². The van der Waals surface area contributed by atoms with E-state index >= 15 is 0 Å². The number of benzene rings is 1. The van der Waals surface area contributed by atoms with Crippen LogP contribution < -0.4 is 9.47 Å². The fourth-order valence-corrected chi connectivity index (χ4v) is 2.08. The van der Waals surface area contributed by atoms with Crippen molar-refractivity contribution in [1.82, 2.24) is 0 Å². The third-order valence-electron chi connectivity index (χ3n) is 2.49. The second-order valence-corrected chi connectivity index (χ2v) is 5.52. The lowest BCUT2D eigenvalue weighted by Gasteiger charge is -2.10. The van der Waals surface area contributed by atoms with E-state index in [2.05, 4.69) is 6.58 Å². The summed E-state index contributed by atoms with van der Waals surface area (Å²) in [7, 11) is -2.30. The second-order valence-electron chi connectivity index (χ2n) is 3.95. The van der Waals surface area contributed by atoms with Crippen molar-refractivity contribution in [1.29, 1.82) is 0 Å². The molecule has 0 amide bonds. The van der Waals surface area contributed by atoms with Crippen molar-refractivity contribution in [3.8, 4) is 11.5 Å². The lowest BCUT2D eigenvalue weighted by molar-refractivity contribution is 0.307. The number of unbranched alkanes of at least 4 members (excludes halogenated alkanes) is 1. The van der Waals surface area contributed by atoms with Crippen LogP contribution in [0.3, 0.4) is 0 Å². The molecule has 0 atom stereocenters. The Bertz CT molecular complexity index is 522.